The highest BCUT2D eigenvalue weighted by atomic mass is 19.1. The number of hydrogen-bond donors (Lipinski definition) is 2. The van der Waals surface area contributed by atoms with Crippen molar-refractivity contribution in [1.29, 1.82) is 0 Å². The number of rotatable bonds is 5. The van der Waals surface area contributed by atoms with Crippen LogP contribution in [0.4, 0.5) is 15.0 Å². The molecule has 2 aliphatic rings. The van der Waals surface area contributed by atoms with Gasteiger partial charge in [-0.2, -0.15) is 0 Å². The van der Waals surface area contributed by atoms with E-state index in [-0.39, 0.29) is 22.9 Å². The van der Waals surface area contributed by atoms with Gasteiger partial charge in [-0.05, 0) is 82.6 Å². The van der Waals surface area contributed by atoms with Crippen molar-refractivity contribution >= 4 is 17.8 Å². The number of pyridine rings is 1. The van der Waals surface area contributed by atoms with Gasteiger partial charge in [-0.15, -0.1) is 0 Å². The maximum Gasteiger partial charge on any atom is 0.407 e. The molecular weight excluding hydrogens is 523 g/mol. The molecule has 1 saturated carbocycles. The van der Waals surface area contributed by atoms with Gasteiger partial charge in [0.15, 0.2) is 0 Å². The summed E-state index contributed by atoms with van der Waals surface area (Å²) in [6.07, 6.45) is 6.76. The minimum Gasteiger partial charge on any atom is -0.444 e. The Balaban J connectivity index is 1.26. The summed E-state index contributed by atoms with van der Waals surface area (Å²) in [5.74, 6) is -0.500. The summed E-state index contributed by atoms with van der Waals surface area (Å²) in [4.78, 5) is 40.2. The first-order chi connectivity index (χ1) is 19.5. The number of amides is 2. The Morgan fingerprint density at radius 2 is 1.80 bits per heavy atom. The Morgan fingerprint density at radius 1 is 1.10 bits per heavy atom. The molecule has 3 aromatic rings. The number of aryl methyl sites for hydroxylation is 1. The second-order valence-corrected chi connectivity index (χ2v) is 12.1. The number of nitrogens with one attached hydrogen (secondary N) is 1. The summed E-state index contributed by atoms with van der Waals surface area (Å²) >= 11 is 0. The van der Waals surface area contributed by atoms with Crippen molar-refractivity contribution in [3.8, 4) is 22.4 Å². The molecule has 1 spiro atoms. The van der Waals surface area contributed by atoms with Crippen LogP contribution in [-0.4, -0.2) is 56.6 Å². The van der Waals surface area contributed by atoms with Crippen molar-refractivity contribution in [3.05, 3.63) is 59.9 Å². The second-order valence-electron chi connectivity index (χ2n) is 12.1. The number of aromatic nitrogens is 3. The number of halogens is 1. The van der Waals surface area contributed by atoms with E-state index in [1.54, 1.807) is 29.3 Å². The summed E-state index contributed by atoms with van der Waals surface area (Å²) < 4.78 is 20.8. The third-order valence-electron chi connectivity index (χ3n) is 8.00. The number of ether oxygens (including phenoxy) is 1. The molecule has 5 rings (SSSR count). The quantitative estimate of drug-likeness (QED) is 0.428. The molecule has 2 fully saturated rings. The predicted molar refractivity (Wildman–Crippen MR) is 154 cm³/mol. The molecule has 41 heavy (non-hydrogen) atoms. The van der Waals surface area contributed by atoms with E-state index in [1.165, 1.54) is 12.4 Å². The largest absolute Gasteiger partial charge is 0.444 e. The molecule has 3 heterocycles. The third kappa shape index (κ3) is 6.16. The van der Waals surface area contributed by atoms with Crippen LogP contribution in [0, 0.1) is 11.2 Å². The third-order valence-corrected chi connectivity index (χ3v) is 8.00. The van der Waals surface area contributed by atoms with Crippen LogP contribution in [0.3, 0.4) is 0 Å². The summed E-state index contributed by atoms with van der Waals surface area (Å²) in [6, 6.07) is 8.28. The van der Waals surface area contributed by atoms with Crippen LogP contribution in [0.25, 0.3) is 22.4 Å². The molecule has 1 aliphatic carbocycles. The van der Waals surface area contributed by atoms with E-state index in [1.807, 2.05) is 33.8 Å². The predicted octanol–water partition coefficient (Wildman–Crippen LogP) is 5.40. The van der Waals surface area contributed by atoms with Crippen LogP contribution >= 0.6 is 0 Å². The Bertz CT molecular complexity index is 1440. The van der Waals surface area contributed by atoms with Gasteiger partial charge in [0.2, 0.25) is 0 Å². The summed E-state index contributed by atoms with van der Waals surface area (Å²) in [5, 5.41) is 2.95. The number of alkyl carbamates (subject to hydrolysis) is 1. The SMILES string of the molecule is CCc1ncnc(-c2ccc(C(=O)N3CCC4(CC3)CC(NC(=O)OC(C)(C)C)C4)c(F)c2)c1-c1ccc(N)nc1. The van der Waals surface area contributed by atoms with Crippen LogP contribution in [0.2, 0.25) is 0 Å². The minimum atomic E-state index is -0.587. The zero-order valence-corrected chi connectivity index (χ0v) is 24.0. The first kappa shape index (κ1) is 28.4. The number of nitrogen functional groups attached to an aromatic ring is 1. The molecular formula is C31H37FN6O3. The highest BCUT2D eigenvalue weighted by Crippen LogP contribution is 2.49. The van der Waals surface area contributed by atoms with E-state index in [4.69, 9.17) is 10.5 Å². The molecule has 0 radical (unpaired) electrons. The highest BCUT2D eigenvalue weighted by Gasteiger charge is 2.47. The van der Waals surface area contributed by atoms with Crippen LogP contribution in [0.1, 0.15) is 69.4 Å². The molecule has 9 nitrogen and oxygen atoms in total. The van der Waals surface area contributed by atoms with Gasteiger partial charge in [-0.1, -0.05) is 13.0 Å². The maximum absolute atomic E-state index is 15.5. The van der Waals surface area contributed by atoms with E-state index in [0.29, 0.717) is 36.6 Å². The fourth-order valence-corrected chi connectivity index (χ4v) is 5.93. The molecule has 216 valence electrons. The van der Waals surface area contributed by atoms with Crippen molar-refractivity contribution in [1.82, 2.24) is 25.2 Å². The number of carbonyl (C=O) groups is 2. The molecule has 2 aromatic heterocycles. The molecule has 1 saturated heterocycles. The lowest BCUT2D eigenvalue weighted by Crippen LogP contribution is -2.56. The fourth-order valence-electron chi connectivity index (χ4n) is 5.93. The topological polar surface area (TPSA) is 123 Å². The summed E-state index contributed by atoms with van der Waals surface area (Å²) in [6.45, 7) is 8.62. The van der Waals surface area contributed by atoms with Crippen molar-refractivity contribution in [2.45, 2.75) is 71.4 Å². The smallest absolute Gasteiger partial charge is 0.407 e. The van der Waals surface area contributed by atoms with Crippen molar-refractivity contribution in [2.75, 3.05) is 18.8 Å². The van der Waals surface area contributed by atoms with Crippen molar-refractivity contribution in [2.24, 2.45) is 5.41 Å². The Morgan fingerprint density at radius 3 is 2.41 bits per heavy atom. The summed E-state index contributed by atoms with van der Waals surface area (Å²) in [7, 11) is 0. The van der Waals surface area contributed by atoms with Gasteiger partial charge in [-0.25, -0.2) is 24.1 Å². The molecule has 0 unspecified atom stereocenters. The molecule has 1 aliphatic heterocycles. The van der Waals surface area contributed by atoms with Gasteiger partial charge in [0, 0.05) is 42.0 Å². The van der Waals surface area contributed by atoms with E-state index >= 15 is 4.39 Å². The maximum atomic E-state index is 15.5. The molecule has 0 atom stereocenters. The number of likely N-dealkylation sites (tertiary alicyclic amines) is 1. The molecule has 3 N–H and O–H groups in total. The van der Waals surface area contributed by atoms with Gasteiger partial charge in [-0.3, -0.25) is 4.79 Å². The van der Waals surface area contributed by atoms with E-state index in [9.17, 15) is 9.59 Å². The van der Waals surface area contributed by atoms with Crippen LogP contribution < -0.4 is 11.1 Å². The zero-order chi connectivity index (χ0) is 29.4. The Hall–Kier alpha value is -4.08. The second kappa shape index (κ2) is 11.1. The molecule has 0 bridgehead atoms. The Kier molecular flexibility index (Phi) is 7.68. The van der Waals surface area contributed by atoms with Crippen LogP contribution in [0.15, 0.2) is 42.9 Å². The number of piperidine rings is 1. The number of nitrogens with two attached hydrogens (primary N) is 1. The van der Waals surface area contributed by atoms with E-state index < -0.39 is 17.5 Å². The molecule has 10 heteroatoms. The number of hydrogen-bond acceptors (Lipinski definition) is 7. The lowest BCUT2D eigenvalue weighted by atomic mass is 9.60. The van der Waals surface area contributed by atoms with Crippen molar-refractivity contribution in [3.63, 3.8) is 0 Å². The number of carbonyl (C=O) groups excluding carboxylic acids is 2. The molecule has 1 aromatic carbocycles. The lowest BCUT2D eigenvalue weighted by Gasteiger charge is -2.52. The van der Waals surface area contributed by atoms with Gasteiger partial charge < -0.3 is 20.7 Å². The normalized spacial score (nSPS) is 16.8. The van der Waals surface area contributed by atoms with Gasteiger partial charge >= 0.3 is 6.09 Å². The minimum absolute atomic E-state index is 0.0447. The first-order valence-corrected chi connectivity index (χ1v) is 14.1. The van der Waals surface area contributed by atoms with Crippen molar-refractivity contribution < 1.29 is 18.7 Å². The zero-order valence-electron chi connectivity index (χ0n) is 24.0. The first-order valence-electron chi connectivity index (χ1n) is 14.1. The standard InChI is InChI=1S/C31H37FN6O3/c1-5-24-26(20-7-9-25(33)34-17-20)27(36-18-35-24)19-6-8-22(23(32)14-19)28(39)38-12-10-31(11-13-38)15-21(16-31)37-29(40)41-30(2,3)4/h6-9,14,17-18,21H,5,10-13,15-16H2,1-4H3,(H2,33,34)(H,37,40). The number of nitrogens with zero attached hydrogens (tertiary/aromatic N) is 4. The van der Waals surface area contributed by atoms with Crippen LogP contribution in [0.5, 0.6) is 0 Å². The van der Waals surface area contributed by atoms with E-state index in [0.717, 1.165) is 42.5 Å². The number of anilines is 1. The average molecular weight is 561 g/mol. The van der Waals surface area contributed by atoms with E-state index in [2.05, 4.69) is 20.3 Å². The fraction of sp³-hybridized carbons (Fsp3) is 0.452. The van der Waals surface area contributed by atoms with Gasteiger partial charge in [0.05, 0.1) is 17.0 Å². The Labute approximate surface area is 239 Å². The lowest BCUT2D eigenvalue weighted by molar-refractivity contribution is 0.0000793. The van der Waals surface area contributed by atoms with Gasteiger partial charge in [0.25, 0.3) is 5.91 Å². The molecule has 2 amide bonds. The van der Waals surface area contributed by atoms with Crippen LogP contribution in [-0.2, 0) is 11.2 Å². The average Bonchev–Trinajstić information content (AvgIpc) is 2.91. The number of benzene rings is 1. The summed E-state index contributed by atoms with van der Waals surface area (Å²) in [5.41, 5.74) is 8.88. The monoisotopic (exact) mass is 560 g/mol. The highest BCUT2D eigenvalue weighted by molar-refractivity contribution is 5.95. The van der Waals surface area contributed by atoms with Gasteiger partial charge in [0.1, 0.15) is 23.6 Å².